The van der Waals surface area contributed by atoms with Crippen molar-refractivity contribution in [3.63, 3.8) is 0 Å². The number of rotatable bonds is 8. The molecule has 1 radical (unpaired) electrons. The van der Waals surface area contributed by atoms with Crippen molar-refractivity contribution in [3.05, 3.63) is 60.0 Å². The van der Waals surface area contributed by atoms with Crippen molar-refractivity contribution in [1.29, 1.82) is 0 Å². The van der Waals surface area contributed by atoms with Crippen LogP contribution in [0.4, 0.5) is 0 Å². The van der Waals surface area contributed by atoms with Gasteiger partial charge in [0.05, 0.1) is 27.1 Å². The molecule has 0 fully saturated rings. The van der Waals surface area contributed by atoms with Crippen molar-refractivity contribution in [2.24, 2.45) is 0 Å². The van der Waals surface area contributed by atoms with E-state index in [4.69, 9.17) is 14.2 Å². The summed E-state index contributed by atoms with van der Waals surface area (Å²) in [5, 5.41) is 0. The summed E-state index contributed by atoms with van der Waals surface area (Å²) >= 11 is 0. The van der Waals surface area contributed by atoms with Crippen LogP contribution in [-0.4, -0.2) is 21.3 Å². The summed E-state index contributed by atoms with van der Waals surface area (Å²) in [6.45, 7) is 3.98. The van der Waals surface area contributed by atoms with Crippen LogP contribution in [0.1, 0.15) is 29.5 Å². The Morgan fingerprint density at radius 2 is 1.33 bits per heavy atom. The second-order valence-electron chi connectivity index (χ2n) is 5.49. The van der Waals surface area contributed by atoms with E-state index >= 15 is 0 Å². The van der Waals surface area contributed by atoms with Crippen molar-refractivity contribution in [3.8, 4) is 17.2 Å². The van der Waals surface area contributed by atoms with Gasteiger partial charge in [0.1, 0.15) is 5.75 Å². The van der Waals surface area contributed by atoms with Gasteiger partial charge in [-0.15, -0.1) is 6.07 Å². The number of benzene rings is 2. The maximum Gasteiger partial charge on any atom is 0.122 e. The van der Waals surface area contributed by atoms with E-state index in [0.29, 0.717) is 0 Å². The molecule has 0 saturated carbocycles. The van der Waals surface area contributed by atoms with E-state index in [9.17, 15) is 0 Å². The molecule has 24 heavy (non-hydrogen) atoms. The zero-order chi connectivity index (χ0) is 16.7. The van der Waals surface area contributed by atoms with Crippen LogP contribution in [-0.2, 0) is 45.6 Å². The van der Waals surface area contributed by atoms with Gasteiger partial charge in [0, 0.05) is 38.5 Å². The fraction of sp³-hybridized carbons (Fsp3) is 0.350. The minimum absolute atomic E-state index is 0. The molecular formula is C20H25O3Y-. The fourth-order valence-corrected chi connectivity index (χ4v) is 2.76. The van der Waals surface area contributed by atoms with E-state index in [0.717, 1.165) is 54.1 Å². The zero-order valence-electron chi connectivity index (χ0n) is 14.8. The zero-order valence-corrected chi connectivity index (χ0v) is 17.6. The first-order valence-corrected chi connectivity index (χ1v) is 7.88. The molecule has 2 rings (SSSR count). The van der Waals surface area contributed by atoms with Crippen molar-refractivity contribution in [2.45, 2.75) is 25.7 Å². The van der Waals surface area contributed by atoms with Gasteiger partial charge in [-0.05, 0) is 42.9 Å². The van der Waals surface area contributed by atoms with Gasteiger partial charge in [0.25, 0.3) is 0 Å². The number of hydrogen-bond acceptors (Lipinski definition) is 3. The van der Waals surface area contributed by atoms with E-state index in [-0.39, 0.29) is 32.7 Å². The van der Waals surface area contributed by atoms with Gasteiger partial charge in [-0.2, -0.15) is 12.5 Å². The second kappa shape index (κ2) is 10.6. The molecule has 2 aromatic carbocycles. The van der Waals surface area contributed by atoms with Crippen LogP contribution in [0.25, 0.3) is 0 Å². The van der Waals surface area contributed by atoms with Crippen LogP contribution in [0.3, 0.4) is 0 Å². The van der Waals surface area contributed by atoms with Gasteiger partial charge in [-0.1, -0.05) is 24.3 Å². The van der Waals surface area contributed by atoms with Crippen LogP contribution in [0.15, 0.2) is 36.4 Å². The molecule has 0 amide bonds. The van der Waals surface area contributed by atoms with Crippen LogP contribution in [0.5, 0.6) is 17.2 Å². The van der Waals surface area contributed by atoms with E-state index in [1.165, 1.54) is 5.56 Å². The van der Waals surface area contributed by atoms with Gasteiger partial charge in [0.2, 0.25) is 0 Å². The first-order chi connectivity index (χ1) is 11.2. The molecule has 3 nitrogen and oxygen atoms in total. The summed E-state index contributed by atoms with van der Waals surface area (Å²) in [5.74, 6) is 2.66. The quantitative estimate of drug-likeness (QED) is 0.482. The Kier molecular flexibility index (Phi) is 9.24. The predicted octanol–water partition coefficient (Wildman–Crippen LogP) is 4.46. The average molecular weight is 402 g/mol. The molecule has 0 N–H and O–H groups in total. The van der Waals surface area contributed by atoms with Crippen molar-refractivity contribution in [2.75, 3.05) is 21.3 Å². The third kappa shape index (κ3) is 5.42. The molecule has 0 bridgehead atoms. The first kappa shape index (κ1) is 20.9. The Hall–Kier alpha value is -1.19. The molecule has 4 heteroatoms. The summed E-state index contributed by atoms with van der Waals surface area (Å²) in [6, 6.07) is 12.2. The minimum atomic E-state index is 0. The molecule has 0 unspecified atom stereocenters. The predicted molar refractivity (Wildman–Crippen MR) is 93.6 cm³/mol. The average Bonchev–Trinajstić information content (AvgIpc) is 2.59. The van der Waals surface area contributed by atoms with Crippen molar-refractivity contribution < 1.29 is 46.9 Å². The van der Waals surface area contributed by atoms with Gasteiger partial charge in [-0.25, -0.2) is 0 Å². The Bertz CT molecular complexity index is 641. The Morgan fingerprint density at radius 3 is 1.96 bits per heavy atom. The van der Waals surface area contributed by atoms with E-state index < -0.39 is 0 Å². The Labute approximate surface area is 170 Å². The summed E-state index contributed by atoms with van der Waals surface area (Å²) in [4.78, 5) is 0. The van der Waals surface area contributed by atoms with Crippen LogP contribution in [0.2, 0.25) is 0 Å². The molecule has 0 spiro atoms. The van der Waals surface area contributed by atoms with Crippen molar-refractivity contribution >= 4 is 0 Å². The van der Waals surface area contributed by atoms with Gasteiger partial charge in [0.15, 0.2) is 0 Å². The number of unbranched alkanes of at least 4 members (excludes halogenated alkanes) is 1. The number of hydrogen-bond donors (Lipinski definition) is 0. The number of methoxy groups -OCH3 is 3. The molecular weight excluding hydrogens is 377 g/mol. The van der Waals surface area contributed by atoms with E-state index in [1.54, 1.807) is 21.3 Å². The first-order valence-electron chi connectivity index (χ1n) is 7.88. The normalized spacial score (nSPS) is 9.96. The number of ether oxygens (including phenoxy) is 3. The molecule has 0 aliphatic carbocycles. The fourth-order valence-electron chi connectivity index (χ4n) is 2.76. The second-order valence-corrected chi connectivity index (χ2v) is 5.49. The van der Waals surface area contributed by atoms with E-state index in [1.807, 2.05) is 24.3 Å². The maximum absolute atomic E-state index is 5.46. The van der Waals surface area contributed by atoms with Gasteiger partial charge >= 0.3 is 0 Å². The molecule has 0 aliphatic rings. The van der Waals surface area contributed by atoms with Gasteiger partial charge in [-0.3, -0.25) is 0 Å². The third-order valence-electron chi connectivity index (χ3n) is 4.02. The molecule has 2 aromatic rings. The molecule has 0 heterocycles. The number of aryl methyl sites for hydroxylation is 2. The third-order valence-corrected chi connectivity index (χ3v) is 4.02. The monoisotopic (exact) mass is 402 g/mol. The smallest absolute Gasteiger partial charge is 0.122 e. The minimum Gasteiger partial charge on any atom is -0.554 e. The molecule has 0 atom stereocenters. The van der Waals surface area contributed by atoms with Gasteiger partial charge < -0.3 is 14.2 Å². The van der Waals surface area contributed by atoms with Crippen LogP contribution < -0.4 is 14.2 Å². The van der Waals surface area contributed by atoms with Crippen LogP contribution >= 0.6 is 0 Å². The summed E-state index contributed by atoms with van der Waals surface area (Å²) in [6.07, 6.45) is 4.14. The standard InChI is InChI=1S/C20H25O3.Y/c1-15-13-20(23-4)17(14-19(15)22-3)11-6-5-9-16-10-7-8-12-18(16)21-2;/h7-8,10,12-14H,1,5-6,9,11H2,2-4H3;/q-1;. The summed E-state index contributed by atoms with van der Waals surface area (Å²) in [5.41, 5.74) is 3.27. The molecule has 127 valence electrons. The summed E-state index contributed by atoms with van der Waals surface area (Å²) < 4.78 is 16.2. The van der Waals surface area contributed by atoms with E-state index in [2.05, 4.69) is 19.1 Å². The molecule has 0 aliphatic heterocycles. The summed E-state index contributed by atoms with van der Waals surface area (Å²) in [7, 11) is 5.08. The Morgan fingerprint density at radius 1 is 0.750 bits per heavy atom. The molecule has 0 saturated heterocycles. The SMILES string of the molecule is [CH2-]c1cc(OC)c(CCCCc2ccccc2OC)cc1OC.[Y]. The topological polar surface area (TPSA) is 27.7 Å². The Balaban J connectivity index is 0.00000288. The largest absolute Gasteiger partial charge is 0.554 e. The number of para-hydroxylation sites is 1. The molecule has 0 aromatic heterocycles. The maximum atomic E-state index is 5.46. The van der Waals surface area contributed by atoms with Crippen LogP contribution in [0, 0.1) is 6.92 Å². The van der Waals surface area contributed by atoms with Crippen molar-refractivity contribution in [1.82, 2.24) is 0 Å².